The number of hydrogen-bond donors (Lipinski definition) is 1. The minimum atomic E-state index is -0.481. The normalized spacial score (nSPS) is 10.8. The number of amides is 1. The minimum absolute atomic E-state index is 0.181. The van der Waals surface area contributed by atoms with Crippen molar-refractivity contribution in [1.29, 1.82) is 0 Å². The fourth-order valence-electron chi connectivity index (χ4n) is 4.60. The van der Waals surface area contributed by atoms with E-state index in [1.807, 2.05) is 79.9 Å². The van der Waals surface area contributed by atoms with Gasteiger partial charge in [-0.25, -0.2) is 0 Å². The number of carbonyl (C=O) groups excluding carboxylic acids is 2. The number of nitrogens with one attached hydrogen (secondary N) is 1. The molecule has 0 saturated carbocycles. The van der Waals surface area contributed by atoms with Gasteiger partial charge in [0.2, 0.25) is 5.88 Å². The first-order valence-electron chi connectivity index (χ1n) is 12.9. The maximum atomic E-state index is 12.6. The third-order valence-corrected chi connectivity index (χ3v) is 7.37. The second-order valence-electron chi connectivity index (χ2n) is 9.40. The molecule has 2 aromatic heterocycles. The zero-order chi connectivity index (χ0) is 29.1. The molecule has 1 N–H and O–H groups in total. The number of thiophene rings is 1. The molecule has 0 saturated heterocycles. The van der Waals surface area contributed by atoms with Crippen molar-refractivity contribution in [3.05, 3.63) is 94.2 Å². The highest BCUT2D eigenvalue weighted by Gasteiger charge is 2.27. The number of rotatable bonds is 8. The van der Waals surface area contributed by atoms with Crippen molar-refractivity contribution < 1.29 is 23.8 Å². The van der Waals surface area contributed by atoms with Crippen molar-refractivity contribution in [2.24, 2.45) is 0 Å². The average molecular weight is 568 g/mol. The van der Waals surface area contributed by atoms with Gasteiger partial charge in [-0.1, -0.05) is 35.9 Å². The van der Waals surface area contributed by atoms with Crippen molar-refractivity contribution in [2.75, 3.05) is 19.5 Å². The lowest BCUT2D eigenvalue weighted by Gasteiger charge is -2.12. The van der Waals surface area contributed by atoms with E-state index in [2.05, 4.69) is 5.32 Å². The Kier molecular flexibility index (Phi) is 7.89. The Morgan fingerprint density at radius 2 is 1.71 bits per heavy atom. The van der Waals surface area contributed by atoms with Gasteiger partial charge in [-0.2, -0.15) is 9.78 Å². The molecule has 8 nitrogen and oxygen atoms in total. The van der Waals surface area contributed by atoms with E-state index in [9.17, 15) is 9.59 Å². The highest BCUT2D eigenvalue weighted by molar-refractivity contribution is 7.12. The van der Waals surface area contributed by atoms with Crippen LogP contribution in [0.3, 0.4) is 0 Å². The summed E-state index contributed by atoms with van der Waals surface area (Å²) < 4.78 is 18.6. The van der Waals surface area contributed by atoms with E-state index in [1.54, 1.807) is 31.0 Å². The Morgan fingerprint density at radius 1 is 0.927 bits per heavy atom. The van der Waals surface area contributed by atoms with Crippen LogP contribution in [-0.4, -0.2) is 35.9 Å². The molecule has 9 heteroatoms. The quantitative estimate of drug-likeness (QED) is 0.202. The summed E-state index contributed by atoms with van der Waals surface area (Å²) in [5, 5.41) is 9.77. The lowest BCUT2D eigenvalue weighted by molar-refractivity contribution is -0.132. The molecule has 5 rings (SSSR count). The second-order valence-corrected chi connectivity index (χ2v) is 10.3. The lowest BCUT2D eigenvalue weighted by Crippen LogP contribution is -2.10. The molecule has 0 fully saturated rings. The van der Waals surface area contributed by atoms with E-state index in [1.165, 1.54) is 18.3 Å². The molecule has 0 spiro atoms. The van der Waals surface area contributed by atoms with Crippen LogP contribution in [0.25, 0.3) is 28.1 Å². The zero-order valence-electron chi connectivity index (χ0n) is 23.3. The van der Waals surface area contributed by atoms with Crippen LogP contribution in [0.15, 0.2) is 78.2 Å². The lowest BCUT2D eigenvalue weighted by atomic mass is 10.00. The number of aromatic nitrogens is 2. The van der Waals surface area contributed by atoms with Crippen molar-refractivity contribution in [3.63, 3.8) is 0 Å². The fourth-order valence-corrected chi connectivity index (χ4v) is 5.22. The van der Waals surface area contributed by atoms with E-state index < -0.39 is 5.97 Å². The van der Waals surface area contributed by atoms with Gasteiger partial charge in [0, 0.05) is 24.2 Å². The number of benzene rings is 3. The summed E-state index contributed by atoms with van der Waals surface area (Å²) in [4.78, 5) is 25.6. The zero-order valence-corrected chi connectivity index (χ0v) is 24.2. The third-order valence-electron chi connectivity index (χ3n) is 6.50. The summed E-state index contributed by atoms with van der Waals surface area (Å²) >= 11 is 1.37. The molecule has 0 bridgehead atoms. The number of esters is 1. The first-order valence-corrected chi connectivity index (χ1v) is 13.7. The largest absolute Gasteiger partial charge is 0.497 e. The van der Waals surface area contributed by atoms with Crippen LogP contribution in [0, 0.1) is 13.8 Å². The van der Waals surface area contributed by atoms with E-state index in [4.69, 9.17) is 19.3 Å². The van der Waals surface area contributed by atoms with Gasteiger partial charge in [0.05, 0.1) is 30.3 Å². The Bertz CT molecular complexity index is 1720. The highest BCUT2D eigenvalue weighted by atomic mass is 32.1. The van der Waals surface area contributed by atoms with Crippen molar-refractivity contribution in [1.82, 2.24) is 9.78 Å². The number of ether oxygens (including phenoxy) is 3. The predicted octanol–water partition coefficient (Wildman–Crippen LogP) is 7.08. The average Bonchev–Trinajstić information content (AvgIpc) is 3.62. The molecular formula is C32H29N3O5S. The minimum Gasteiger partial charge on any atom is -0.497 e. The Hall–Kier alpha value is -4.89. The molecule has 208 valence electrons. The molecule has 0 aliphatic carbocycles. The van der Waals surface area contributed by atoms with Gasteiger partial charge in [0.15, 0.2) is 0 Å². The van der Waals surface area contributed by atoms with Gasteiger partial charge in [-0.05, 0) is 66.8 Å². The molecule has 5 aromatic rings. The van der Waals surface area contributed by atoms with Crippen LogP contribution in [0.4, 0.5) is 5.69 Å². The van der Waals surface area contributed by atoms with Gasteiger partial charge in [0.1, 0.15) is 17.2 Å². The van der Waals surface area contributed by atoms with Crippen molar-refractivity contribution in [3.8, 4) is 45.5 Å². The first-order chi connectivity index (χ1) is 19.8. The SMILES string of the molecule is COc1ccc(-c2nn(-c3ccc(C)cc3C)c(OC(C)=O)c2-c2ccc(NC(=O)c3cccs3)cc2)c(OC)c1. The van der Waals surface area contributed by atoms with Gasteiger partial charge in [-0.15, -0.1) is 11.3 Å². The number of methoxy groups -OCH3 is 2. The highest BCUT2D eigenvalue weighted by Crippen LogP contribution is 2.45. The first kappa shape index (κ1) is 27.7. The summed E-state index contributed by atoms with van der Waals surface area (Å²) in [6, 6.07) is 22.4. The summed E-state index contributed by atoms with van der Waals surface area (Å²) in [7, 11) is 3.17. The van der Waals surface area contributed by atoms with Crippen LogP contribution in [0.2, 0.25) is 0 Å². The van der Waals surface area contributed by atoms with Crippen LogP contribution < -0.4 is 19.5 Å². The maximum Gasteiger partial charge on any atom is 0.309 e. The Labute approximate surface area is 242 Å². The van der Waals surface area contributed by atoms with Crippen molar-refractivity contribution in [2.45, 2.75) is 20.8 Å². The molecule has 1 amide bonds. The molecular weight excluding hydrogens is 538 g/mol. The van der Waals surface area contributed by atoms with Gasteiger partial charge in [0.25, 0.3) is 5.91 Å². The van der Waals surface area contributed by atoms with Crippen LogP contribution in [0.1, 0.15) is 27.7 Å². The van der Waals surface area contributed by atoms with Crippen LogP contribution in [0.5, 0.6) is 17.4 Å². The molecule has 2 heterocycles. The number of carbonyl (C=O) groups is 2. The summed E-state index contributed by atoms with van der Waals surface area (Å²) in [6.07, 6.45) is 0. The van der Waals surface area contributed by atoms with Gasteiger partial charge < -0.3 is 19.5 Å². The van der Waals surface area contributed by atoms with Crippen LogP contribution in [-0.2, 0) is 4.79 Å². The predicted molar refractivity (Wildman–Crippen MR) is 161 cm³/mol. The molecule has 41 heavy (non-hydrogen) atoms. The third kappa shape index (κ3) is 5.71. The topological polar surface area (TPSA) is 91.7 Å². The number of anilines is 1. The second kappa shape index (κ2) is 11.7. The molecule has 0 unspecified atom stereocenters. The van der Waals surface area contributed by atoms with E-state index in [0.29, 0.717) is 38.9 Å². The monoisotopic (exact) mass is 567 g/mol. The van der Waals surface area contributed by atoms with E-state index in [0.717, 1.165) is 22.4 Å². The number of hydrogen-bond acceptors (Lipinski definition) is 7. The van der Waals surface area contributed by atoms with Crippen molar-refractivity contribution >= 4 is 28.9 Å². The summed E-state index contributed by atoms with van der Waals surface area (Å²) in [6.45, 7) is 5.37. The Morgan fingerprint density at radius 3 is 2.34 bits per heavy atom. The summed E-state index contributed by atoms with van der Waals surface area (Å²) in [5.41, 5.74) is 6.04. The van der Waals surface area contributed by atoms with Gasteiger partial charge in [-0.3, -0.25) is 9.59 Å². The number of nitrogens with zero attached hydrogens (tertiary/aromatic N) is 2. The molecule has 3 aromatic carbocycles. The molecule has 0 aliphatic heterocycles. The van der Waals surface area contributed by atoms with Gasteiger partial charge >= 0.3 is 5.97 Å². The molecule has 0 radical (unpaired) electrons. The fraction of sp³-hybridized carbons (Fsp3) is 0.156. The number of aryl methyl sites for hydroxylation is 2. The molecule has 0 aliphatic rings. The Balaban J connectivity index is 1.70. The summed E-state index contributed by atoms with van der Waals surface area (Å²) in [5.74, 6) is 0.787. The smallest absolute Gasteiger partial charge is 0.309 e. The standard InChI is InChI=1S/C32H29N3O5S/c1-19-8-15-26(20(2)17-19)35-32(40-21(3)36)29(30(34-35)25-14-13-24(38-4)18-27(25)39-5)22-9-11-23(12-10-22)33-31(37)28-7-6-16-41-28/h6-18H,1-5H3,(H,33,37). The maximum absolute atomic E-state index is 12.6. The van der Waals surface area contributed by atoms with E-state index in [-0.39, 0.29) is 11.8 Å². The molecule has 0 atom stereocenters. The van der Waals surface area contributed by atoms with Crippen LogP contribution >= 0.6 is 11.3 Å². The van der Waals surface area contributed by atoms with E-state index >= 15 is 0 Å².